The van der Waals surface area contributed by atoms with Gasteiger partial charge in [0.2, 0.25) is 5.91 Å². The predicted molar refractivity (Wildman–Crippen MR) is 64.3 cm³/mol. The van der Waals surface area contributed by atoms with Crippen molar-refractivity contribution < 1.29 is 4.79 Å². The molecule has 1 amide bonds. The molecule has 3 heteroatoms. The standard InChI is InChI=1S/C12H16ClNO/c1-9(2)8-14(10(3)15)12-6-4-11(13)5-7-12/h4-7,9H,8H2,1-3H3. The number of carbonyl (C=O) groups is 1. The smallest absolute Gasteiger partial charge is 0.223 e. The topological polar surface area (TPSA) is 20.3 Å². The van der Waals surface area contributed by atoms with Gasteiger partial charge in [0.1, 0.15) is 0 Å². The molecule has 0 aliphatic carbocycles. The Labute approximate surface area is 95.8 Å². The van der Waals surface area contributed by atoms with E-state index in [0.717, 1.165) is 12.2 Å². The van der Waals surface area contributed by atoms with Crippen LogP contribution in [0.5, 0.6) is 0 Å². The zero-order chi connectivity index (χ0) is 11.4. The van der Waals surface area contributed by atoms with Crippen LogP contribution in [-0.2, 0) is 4.79 Å². The fraction of sp³-hybridized carbons (Fsp3) is 0.417. The Hall–Kier alpha value is -1.02. The molecule has 0 N–H and O–H groups in total. The number of rotatable bonds is 3. The lowest BCUT2D eigenvalue weighted by atomic mass is 10.2. The van der Waals surface area contributed by atoms with Gasteiger partial charge in [0, 0.05) is 24.2 Å². The van der Waals surface area contributed by atoms with Crippen molar-refractivity contribution in [3.05, 3.63) is 29.3 Å². The van der Waals surface area contributed by atoms with Crippen LogP contribution in [0.2, 0.25) is 5.02 Å². The Morgan fingerprint density at radius 3 is 2.27 bits per heavy atom. The highest BCUT2D eigenvalue weighted by Crippen LogP contribution is 2.19. The highest BCUT2D eigenvalue weighted by atomic mass is 35.5. The van der Waals surface area contributed by atoms with E-state index in [-0.39, 0.29) is 5.91 Å². The molecule has 0 radical (unpaired) electrons. The monoisotopic (exact) mass is 225 g/mol. The minimum atomic E-state index is 0.0611. The van der Waals surface area contributed by atoms with Crippen molar-refractivity contribution in [2.45, 2.75) is 20.8 Å². The first-order chi connectivity index (χ1) is 7.00. The number of nitrogens with zero attached hydrogens (tertiary/aromatic N) is 1. The summed E-state index contributed by atoms with van der Waals surface area (Å²) in [5.41, 5.74) is 0.903. The second kappa shape index (κ2) is 5.17. The molecule has 0 unspecified atom stereocenters. The van der Waals surface area contributed by atoms with E-state index < -0.39 is 0 Å². The average Bonchev–Trinajstić information content (AvgIpc) is 2.15. The van der Waals surface area contributed by atoms with Gasteiger partial charge in [-0.1, -0.05) is 25.4 Å². The molecular formula is C12H16ClNO. The molecule has 0 aliphatic rings. The molecule has 0 atom stereocenters. The first-order valence-electron chi connectivity index (χ1n) is 5.04. The molecule has 0 bridgehead atoms. The number of benzene rings is 1. The van der Waals surface area contributed by atoms with Crippen molar-refractivity contribution in [2.24, 2.45) is 5.92 Å². The Kier molecular flexibility index (Phi) is 4.15. The fourth-order valence-electron chi connectivity index (χ4n) is 1.40. The van der Waals surface area contributed by atoms with Crippen LogP contribution in [0.4, 0.5) is 5.69 Å². The number of hydrogen-bond acceptors (Lipinski definition) is 1. The molecule has 0 aromatic heterocycles. The summed E-state index contributed by atoms with van der Waals surface area (Å²) in [5.74, 6) is 0.510. The normalized spacial score (nSPS) is 10.5. The maximum atomic E-state index is 11.5. The van der Waals surface area contributed by atoms with E-state index in [4.69, 9.17) is 11.6 Å². The predicted octanol–water partition coefficient (Wildman–Crippen LogP) is 3.35. The fourth-order valence-corrected chi connectivity index (χ4v) is 1.53. The third-order valence-corrected chi connectivity index (χ3v) is 2.32. The van der Waals surface area contributed by atoms with Crippen molar-refractivity contribution >= 4 is 23.2 Å². The third kappa shape index (κ3) is 3.56. The summed E-state index contributed by atoms with van der Waals surface area (Å²) < 4.78 is 0. The Bertz CT molecular complexity index is 332. The van der Waals surface area contributed by atoms with Crippen LogP contribution in [-0.4, -0.2) is 12.5 Å². The van der Waals surface area contributed by atoms with Gasteiger partial charge in [0.15, 0.2) is 0 Å². The van der Waals surface area contributed by atoms with Crippen LogP contribution in [0.1, 0.15) is 20.8 Å². The Morgan fingerprint density at radius 2 is 1.87 bits per heavy atom. The number of carbonyl (C=O) groups excluding carboxylic acids is 1. The first kappa shape index (κ1) is 12.1. The van der Waals surface area contributed by atoms with Crippen LogP contribution in [0.25, 0.3) is 0 Å². The van der Waals surface area contributed by atoms with Gasteiger partial charge in [0.05, 0.1) is 0 Å². The van der Waals surface area contributed by atoms with E-state index in [1.807, 2.05) is 12.1 Å². The molecule has 0 spiro atoms. The second-order valence-electron chi connectivity index (χ2n) is 4.00. The van der Waals surface area contributed by atoms with Crippen molar-refractivity contribution in [3.63, 3.8) is 0 Å². The van der Waals surface area contributed by atoms with Gasteiger partial charge < -0.3 is 4.90 Å². The minimum Gasteiger partial charge on any atom is -0.312 e. The summed E-state index contributed by atoms with van der Waals surface area (Å²) in [6, 6.07) is 7.33. The summed E-state index contributed by atoms with van der Waals surface area (Å²) in [4.78, 5) is 13.2. The maximum absolute atomic E-state index is 11.5. The van der Waals surface area contributed by atoms with Gasteiger partial charge in [-0.25, -0.2) is 0 Å². The highest BCUT2D eigenvalue weighted by molar-refractivity contribution is 6.30. The lowest BCUT2D eigenvalue weighted by Gasteiger charge is -2.23. The quantitative estimate of drug-likeness (QED) is 0.773. The van der Waals surface area contributed by atoms with Crippen molar-refractivity contribution in [3.8, 4) is 0 Å². The molecule has 1 aromatic carbocycles. The van der Waals surface area contributed by atoms with E-state index >= 15 is 0 Å². The summed E-state index contributed by atoms with van der Waals surface area (Å²) in [6.07, 6.45) is 0. The van der Waals surface area contributed by atoms with Gasteiger partial charge in [-0.15, -0.1) is 0 Å². The Balaban J connectivity index is 2.89. The molecule has 0 saturated carbocycles. The number of halogens is 1. The van der Waals surface area contributed by atoms with Crippen LogP contribution < -0.4 is 4.90 Å². The van der Waals surface area contributed by atoms with E-state index in [0.29, 0.717) is 10.9 Å². The largest absolute Gasteiger partial charge is 0.312 e. The van der Waals surface area contributed by atoms with Crippen molar-refractivity contribution in [2.75, 3.05) is 11.4 Å². The lowest BCUT2D eigenvalue weighted by Crippen LogP contribution is -2.31. The van der Waals surface area contributed by atoms with Crippen LogP contribution in [0.3, 0.4) is 0 Å². The number of amides is 1. The molecule has 0 fully saturated rings. The first-order valence-corrected chi connectivity index (χ1v) is 5.42. The van der Waals surface area contributed by atoms with Crippen LogP contribution in [0, 0.1) is 5.92 Å². The molecular weight excluding hydrogens is 210 g/mol. The van der Waals surface area contributed by atoms with Crippen molar-refractivity contribution in [1.82, 2.24) is 0 Å². The lowest BCUT2D eigenvalue weighted by molar-refractivity contribution is -0.116. The van der Waals surface area contributed by atoms with Gasteiger partial charge in [-0.05, 0) is 30.2 Å². The van der Waals surface area contributed by atoms with Gasteiger partial charge in [0.25, 0.3) is 0 Å². The molecule has 0 saturated heterocycles. The zero-order valence-corrected chi connectivity index (χ0v) is 10.1. The molecule has 0 heterocycles. The minimum absolute atomic E-state index is 0.0611. The molecule has 0 aliphatic heterocycles. The summed E-state index contributed by atoms with van der Waals surface area (Å²) in [7, 11) is 0. The van der Waals surface area contributed by atoms with E-state index in [2.05, 4.69) is 13.8 Å². The van der Waals surface area contributed by atoms with Gasteiger partial charge in [-0.2, -0.15) is 0 Å². The van der Waals surface area contributed by atoms with E-state index in [1.165, 1.54) is 0 Å². The SMILES string of the molecule is CC(=O)N(CC(C)C)c1ccc(Cl)cc1. The summed E-state index contributed by atoms with van der Waals surface area (Å²) >= 11 is 5.80. The molecule has 15 heavy (non-hydrogen) atoms. The van der Waals surface area contributed by atoms with Gasteiger partial charge >= 0.3 is 0 Å². The van der Waals surface area contributed by atoms with Crippen LogP contribution in [0.15, 0.2) is 24.3 Å². The summed E-state index contributed by atoms with van der Waals surface area (Å²) in [6.45, 7) is 6.49. The third-order valence-electron chi connectivity index (χ3n) is 2.07. The average molecular weight is 226 g/mol. The molecule has 1 rings (SSSR count). The van der Waals surface area contributed by atoms with Crippen LogP contribution >= 0.6 is 11.6 Å². The second-order valence-corrected chi connectivity index (χ2v) is 4.44. The highest BCUT2D eigenvalue weighted by Gasteiger charge is 2.12. The molecule has 1 aromatic rings. The molecule has 82 valence electrons. The number of anilines is 1. The van der Waals surface area contributed by atoms with Crippen molar-refractivity contribution in [1.29, 1.82) is 0 Å². The maximum Gasteiger partial charge on any atom is 0.223 e. The zero-order valence-electron chi connectivity index (χ0n) is 9.33. The Morgan fingerprint density at radius 1 is 1.33 bits per heavy atom. The van der Waals surface area contributed by atoms with Gasteiger partial charge in [-0.3, -0.25) is 4.79 Å². The van der Waals surface area contributed by atoms with E-state index in [1.54, 1.807) is 24.0 Å². The number of hydrogen-bond donors (Lipinski definition) is 0. The van der Waals surface area contributed by atoms with E-state index in [9.17, 15) is 4.79 Å². The molecule has 2 nitrogen and oxygen atoms in total. The summed E-state index contributed by atoms with van der Waals surface area (Å²) in [5, 5.41) is 0.687.